The highest BCUT2D eigenvalue weighted by Crippen LogP contribution is 2.01. The molecular weight excluding hydrogens is 234 g/mol. The third-order valence-electron chi connectivity index (χ3n) is 1.91. The van der Waals surface area contributed by atoms with Gasteiger partial charge in [0.05, 0.1) is 0 Å². The van der Waals surface area contributed by atoms with Crippen LogP contribution in [0.15, 0.2) is 41.6 Å². The number of oxime groups is 1. The summed E-state index contributed by atoms with van der Waals surface area (Å²) in [7, 11) is 1.39. The first kappa shape index (κ1) is 13.4. The number of likely N-dealkylation sites (N-methyl/N-ethyl adjacent to an activating group) is 1. The van der Waals surface area contributed by atoms with Crippen molar-refractivity contribution in [2.24, 2.45) is 10.9 Å². The Hall–Kier alpha value is -2.63. The molecule has 6 heteroatoms. The predicted molar refractivity (Wildman–Crippen MR) is 67.3 cm³/mol. The van der Waals surface area contributed by atoms with Gasteiger partial charge in [0.2, 0.25) is 5.84 Å². The second kappa shape index (κ2) is 6.85. The summed E-state index contributed by atoms with van der Waals surface area (Å²) in [6.07, 6.45) is 2.75. The lowest BCUT2D eigenvalue weighted by molar-refractivity contribution is -0.137. The van der Waals surface area contributed by atoms with E-state index in [1.54, 1.807) is 6.08 Å². The highest BCUT2D eigenvalue weighted by atomic mass is 16.7. The zero-order valence-electron chi connectivity index (χ0n) is 9.79. The number of hydrogen-bond donors (Lipinski definition) is 2. The SMILES string of the molecule is CNC(=O)/C(N)=N\OC(=O)/C=C/c1ccccc1. The van der Waals surface area contributed by atoms with Crippen LogP contribution >= 0.6 is 0 Å². The van der Waals surface area contributed by atoms with E-state index in [4.69, 9.17) is 5.73 Å². The van der Waals surface area contributed by atoms with Gasteiger partial charge >= 0.3 is 5.97 Å². The minimum atomic E-state index is -0.717. The summed E-state index contributed by atoms with van der Waals surface area (Å²) in [6.45, 7) is 0. The molecule has 0 fully saturated rings. The van der Waals surface area contributed by atoms with Crippen LogP contribution in [0.2, 0.25) is 0 Å². The third kappa shape index (κ3) is 4.48. The summed E-state index contributed by atoms with van der Waals surface area (Å²) in [5.74, 6) is -1.75. The normalized spacial score (nSPS) is 11.3. The molecule has 0 spiro atoms. The molecule has 1 aromatic carbocycles. The van der Waals surface area contributed by atoms with Crippen molar-refractivity contribution < 1.29 is 14.4 Å². The molecule has 18 heavy (non-hydrogen) atoms. The number of amides is 1. The number of rotatable bonds is 3. The van der Waals surface area contributed by atoms with Crippen LogP contribution in [-0.4, -0.2) is 24.8 Å². The molecular formula is C12H13N3O3. The van der Waals surface area contributed by atoms with Gasteiger partial charge in [-0.3, -0.25) is 4.79 Å². The molecule has 1 rings (SSSR count). The molecule has 0 aliphatic rings. The maximum Gasteiger partial charge on any atom is 0.358 e. The first-order valence-electron chi connectivity index (χ1n) is 5.13. The lowest BCUT2D eigenvalue weighted by Crippen LogP contribution is -2.34. The topological polar surface area (TPSA) is 93.8 Å². The zero-order valence-corrected chi connectivity index (χ0v) is 9.79. The summed E-state index contributed by atoms with van der Waals surface area (Å²) < 4.78 is 0. The van der Waals surface area contributed by atoms with E-state index in [0.717, 1.165) is 5.56 Å². The van der Waals surface area contributed by atoms with E-state index in [1.165, 1.54) is 13.1 Å². The van der Waals surface area contributed by atoms with Crippen LogP contribution in [-0.2, 0) is 14.4 Å². The van der Waals surface area contributed by atoms with Crippen molar-refractivity contribution in [3.8, 4) is 0 Å². The van der Waals surface area contributed by atoms with Crippen molar-refractivity contribution in [1.29, 1.82) is 0 Å². The molecule has 0 saturated carbocycles. The van der Waals surface area contributed by atoms with Crippen LogP contribution in [0.4, 0.5) is 0 Å². The van der Waals surface area contributed by atoms with Crippen molar-refractivity contribution in [2.75, 3.05) is 7.05 Å². The zero-order chi connectivity index (χ0) is 13.4. The quantitative estimate of drug-likeness (QED) is 0.263. The molecule has 0 saturated heterocycles. The van der Waals surface area contributed by atoms with Gasteiger partial charge in [0.1, 0.15) is 0 Å². The molecule has 1 aromatic rings. The summed E-state index contributed by atoms with van der Waals surface area (Å²) in [4.78, 5) is 26.6. The number of benzene rings is 1. The second-order valence-electron chi connectivity index (χ2n) is 3.21. The molecule has 0 bridgehead atoms. The second-order valence-corrected chi connectivity index (χ2v) is 3.21. The van der Waals surface area contributed by atoms with Gasteiger partial charge < -0.3 is 15.9 Å². The lowest BCUT2D eigenvalue weighted by atomic mass is 10.2. The van der Waals surface area contributed by atoms with E-state index in [0.29, 0.717) is 0 Å². The van der Waals surface area contributed by atoms with Crippen LogP contribution in [0.25, 0.3) is 6.08 Å². The minimum absolute atomic E-state index is 0.418. The van der Waals surface area contributed by atoms with Crippen molar-refractivity contribution >= 4 is 23.8 Å². The molecule has 3 N–H and O–H groups in total. The monoisotopic (exact) mass is 247 g/mol. The highest BCUT2D eigenvalue weighted by Gasteiger charge is 2.05. The van der Waals surface area contributed by atoms with E-state index < -0.39 is 17.7 Å². The number of hydrogen-bond acceptors (Lipinski definition) is 4. The van der Waals surface area contributed by atoms with Crippen molar-refractivity contribution in [3.63, 3.8) is 0 Å². The van der Waals surface area contributed by atoms with E-state index >= 15 is 0 Å². The molecule has 0 aromatic heterocycles. The third-order valence-corrected chi connectivity index (χ3v) is 1.91. The molecule has 0 heterocycles. The van der Waals surface area contributed by atoms with Crippen LogP contribution < -0.4 is 11.1 Å². The van der Waals surface area contributed by atoms with E-state index in [1.807, 2.05) is 30.3 Å². The smallest absolute Gasteiger partial charge is 0.358 e. The number of nitrogens with zero attached hydrogens (tertiary/aromatic N) is 1. The summed E-state index contributed by atoms with van der Waals surface area (Å²) in [6, 6.07) is 9.20. The Bertz CT molecular complexity index is 481. The average Bonchev–Trinajstić information content (AvgIpc) is 2.42. The lowest BCUT2D eigenvalue weighted by Gasteiger charge is -1.96. The molecule has 0 radical (unpaired) electrons. The van der Waals surface area contributed by atoms with Crippen molar-refractivity contribution in [1.82, 2.24) is 5.32 Å². The van der Waals surface area contributed by atoms with Gasteiger partial charge in [0.25, 0.3) is 5.91 Å². The number of nitrogens with one attached hydrogen (secondary N) is 1. The van der Waals surface area contributed by atoms with Crippen LogP contribution in [0.1, 0.15) is 5.56 Å². The minimum Gasteiger partial charge on any atom is -0.376 e. The number of carbonyl (C=O) groups excluding carboxylic acids is 2. The standard InChI is InChI=1S/C12H13N3O3/c1-14-12(17)11(13)15-18-10(16)8-7-9-5-3-2-4-6-9/h2-8H,1H3,(H2,13,15)(H,14,17)/b8-7+. The van der Waals surface area contributed by atoms with Crippen molar-refractivity contribution in [2.45, 2.75) is 0 Å². The Morgan fingerprint density at radius 2 is 2.00 bits per heavy atom. The molecule has 0 aliphatic carbocycles. The van der Waals surface area contributed by atoms with Gasteiger partial charge in [-0.1, -0.05) is 35.5 Å². The Morgan fingerprint density at radius 1 is 1.33 bits per heavy atom. The molecule has 0 unspecified atom stereocenters. The molecule has 6 nitrogen and oxygen atoms in total. The summed E-state index contributed by atoms with van der Waals surface area (Å²) in [5.41, 5.74) is 6.07. The number of carbonyl (C=O) groups is 2. The summed E-state index contributed by atoms with van der Waals surface area (Å²) in [5, 5.41) is 5.43. The number of amidine groups is 1. The van der Waals surface area contributed by atoms with E-state index in [9.17, 15) is 9.59 Å². The largest absolute Gasteiger partial charge is 0.376 e. The van der Waals surface area contributed by atoms with Crippen LogP contribution in [0, 0.1) is 0 Å². The maximum atomic E-state index is 11.2. The van der Waals surface area contributed by atoms with Crippen LogP contribution in [0.3, 0.4) is 0 Å². The molecule has 0 aliphatic heterocycles. The van der Waals surface area contributed by atoms with E-state index in [2.05, 4.69) is 15.3 Å². The molecule has 0 atom stereocenters. The predicted octanol–water partition coefficient (Wildman–Crippen LogP) is 0.261. The Labute approximate surface area is 104 Å². The first-order chi connectivity index (χ1) is 8.63. The highest BCUT2D eigenvalue weighted by molar-refractivity contribution is 6.37. The van der Waals surface area contributed by atoms with Gasteiger partial charge in [-0.15, -0.1) is 0 Å². The Morgan fingerprint density at radius 3 is 2.61 bits per heavy atom. The maximum absolute atomic E-state index is 11.2. The fraction of sp³-hybridized carbons (Fsp3) is 0.0833. The molecule has 1 amide bonds. The molecule has 94 valence electrons. The van der Waals surface area contributed by atoms with Gasteiger partial charge in [0, 0.05) is 13.1 Å². The van der Waals surface area contributed by atoms with E-state index in [-0.39, 0.29) is 0 Å². The van der Waals surface area contributed by atoms with Gasteiger partial charge in [-0.05, 0) is 11.6 Å². The fourth-order valence-corrected chi connectivity index (χ4v) is 1.02. The summed E-state index contributed by atoms with van der Waals surface area (Å²) >= 11 is 0. The number of nitrogens with two attached hydrogens (primary N) is 1. The van der Waals surface area contributed by atoms with Crippen molar-refractivity contribution in [3.05, 3.63) is 42.0 Å². The Kier molecular flexibility index (Phi) is 5.11. The average molecular weight is 247 g/mol. The fourth-order valence-electron chi connectivity index (χ4n) is 1.02. The van der Waals surface area contributed by atoms with Crippen LogP contribution in [0.5, 0.6) is 0 Å². The van der Waals surface area contributed by atoms with Gasteiger partial charge in [-0.2, -0.15) is 0 Å². The Balaban J connectivity index is 2.53. The van der Waals surface area contributed by atoms with Gasteiger partial charge in [-0.25, -0.2) is 4.79 Å². The van der Waals surface area contributed by atoms with Gasteiger partial charge in [0.15, 0.2) is 0 Å². The first-order valence-corrected chi connectivity index (χ1v) is 5.13.